The van der Waals surface area contributed by atoms with Gasteiger partial charge in [-0.25, -0.2) is 0 Å². The Morgan fingerprint density at radius 1 is 1.37 bits per heavy atom. The third-order valence-electron chi connectivity index (χ3n) is 3.35. The van der Waals surface area contributed by atoms with Crippen molar-refractivity contribution >= 4 is 0 Å². The van der Waals surface area contributed by atoms with E-state index in [1.165, 1.54) is 5.69 Å². The summed E-state index contributed by atoms with van der Waals surface area (Å²) in [6.45, 7) is 7.88. The summed E-state index contributed by atoms with van der Waals surface area (Å²) in [5.74, 6) is 0. The van der Waals surface area contributed by atoms with Crippen molar-refractivity contribution in [1.29, 1.82) is 0 Å². The highest BCUT2D eigenvalue weighted by Crippen LogP contribution is 2.19. The molecule has 0 aliphatic rings. The lowest BCUT2D eigenvalue weighted by Crippen LogP contribution is -2.06. The van der Waals surface area contributed by atoms with Crippen molar-refractivity contribution in [2.75, 3.05) is 0 Å². The molecule has 2 aromatic heterocycles. The molecule has 0 bridgehead atoms. The van der Waals surface area contributed by atoms with Gasteiger partial charge in [0, 0.05) is 18.9 Å². The number of hydrogen-bond donors (Lipinski definition) is 1. The van der Waals surface area contributed by atoms with E-state index in [1.807, 2.05) is 30.1 Å². The average Bonchev–Trinajstić information content (AvgIpc) is 2.97. The molecule has 2 aromatic rings. The van der Waals surface area contributed by atoms with E-state index in [9.17, 15) is 5.11 Å². The summed E-state index contributed by atoms with van der Waals surface area (Å²) >= 11 is 0. The molecule has 0 radical (unpaired) electrons. The van der Waals surface area contributed by atoms with Gasteiger partial charge < -0.3 is 9.67 Å². The second-order valence-electron chi connectivity index (χ2n) is 5.01. The standard InChI is InChI=1S/C15H23N3O/c1-4-6-15(19)13-7-8-17(10-13)11-14-9-12(3)16-18(14)5-2/h7-10,15,19H,4-6,11H2,1-3H3. The molecular formula is C15H23N3O. The number of aliphatic hydroxyl groups is 1. The van der Waals surface area contributed by atoms with Gasteiger partial charge in [0.2, 0.25) is 0 Å². The highest BCUT2D eigenvalue weighted by atomic mass is 16.3. The van der Waals surface area contributed by atoms with E-state index in [0.717, 1.165) is 37.2 Å². The summed E-state index contributed by atoms with van der Waals surface area (Å²) in [4.78, 5) is 0. The molecule has 0 saturated carbocycles. The minimum atomic E-state index is -0.343. The molecule has 0 aliphatic carbocycles. The largest absolute Gasteiger partial charge is 0.388 e. The van der Waals surface area contributed by atoms with Crippen molar-refractivity contribution in [3.8, 4) is 0 Å². The van der Waals surface area contributed by atoms with Gasteiger partial charge in [-0.15, -0.1) is 0 Å². The van der Waals surface area contributed by atoms with Crippen LogP contribution in [0.15, 0.2) is 24.5 Å². The molecule has 0 saturated heterocycles. The van der Waals surface area contributed by atoms with E-state index in [2.05, 4.69) is 29.6 Å². The first-order valence-corrected chi connectivity index (χ1v) is 7.01. The summed E-state index contributed by atoms with van der Waals surface area (Å²) < 4.78 is 4.13. The van der Waals surface area contributed by atoms with Gasteiger partial charge >= 0.3 is 0 Å². The Hall–Kier alpha value is -1.55. The molecule has 4 heteroatoms. The lowest BCUT2D eigenvalue weighted by molar-refractivity contribution is 0.166. The van der Waals surface area contributed by atoms with Crippen LogP contribution in [0.2, 0.25) is 0 Å². The van der Waals surface area contributed by atoms with E-state index in [1.54, 1.807) is 0 Å². The Morgan fingerprint density at radius 2 is 2.16 bits per heavy atom. The molecule has 1 unspecified atom stereocenters. The van der Waals surface area contributed by atoms with Gasteiger partial charge in [-0.1, -0.05) is 13.3 Å². The highest BCUT2D eigenvalue weighted by Gasteiger charge is 2.09. The first-order chi connectivity index (χ1) is 9.13. The van der Waals surface area contributed by atoms with E-state index in [4.69, 9.17) is 0 Å². The van der Waals surface area contributed by atoms with E-state index in [-0.39, 0.29) is 6.10 Å². The van der Waals surface area contributed by atoms with Crippen LogP contribution in [0.25, 0.3) is 0 Å². The Balaban J connectivity index is 2.11. The van der Waals surface area contributed by atoms with Gasteiger partial charge in [-0.05, 0) is 38.0 Å². The maximum atomic E-state index is 9.97. The smallest absolute Gasteiger partial charge is 0.0804 e. The number of nitrogens with zero attached hydrogens (tertiary/aromatic N) is 3. The first kappa shape index (κ1) is 13.9. The number of hydrogen-bond acceptors (Lipinski definition) is 2. The molecule has 0 amide bonds. The van der Waals surface area contributed by atoms with Crippen molar-refractivity contribution in [2.45, 2.75) is 52.8 Å². The molecule has 19 heavy (non-hydrogen) atoms. The summed E-state index contributed by atoms with van der Waals surface area (Å²) in [6.07, 6.45) is 5.52. The fourth-order valence-electron chi connectivity index (χ4n) is 2.38. The molecule has 1 N–H and O–H groups in total. The Morgan fingerprint density at radius 3 is 2.84 bits per heavy atom. The summed E-state index contributed by atoms with van der Waals surface area (Å²) in [5.41, 5.74) is 3.25. The van der Waals surface area contributed by atoms with Gasteiger partial charge in [0.25, 0.3) is 0 Å². The second-order valence-corrected chi connectivity index (χ2v) is 5.01. The predicted molar refractivity (Wildman–Crippen MR) is 76.0 cm³/mol. The number of aliphatic hydroxyl groups excluding tert-OH is 1. The van der Waals surface area contributed by atoms with E-state index in [0.29, 0.717) is 0 Å². The van der Waals surface area contributed by atoms with Crippen LogP contribution in [-0.4, -0.2) is 19.5 Å². The molecular weight excluding hydrogens is 238 g/mol. The Labute approximate surface area is 114 Å². The number of rotatable bonds is 6. The number of aryl methyl sites for hydroxylation is 2. The van der Waals surface area contributed by atoms with Crippen LogP contribution < -0.4 is 0 Å². The van der Waals surface area contributed by atoms with Crippen LogP contribution in [0.3, 0.4) is 0 Å². The fourth-order valence-corrected chi connectivity index (χ4v) is 2.38. The lowest BCUT2D eigenvalue weighted by Gasteiger charge is -2.07. The van der Waals surface area contributed by atoms with Crippen LogP contribution in [-0.2, 0) is 13.1 Å². The van der Waals surface area contributed by atoms with Crippen molar-refractivity contribution in [2.24, 2.45) is 0 Å². The molecule has 2 rings (SSSR count). The maximum absolute atomic E-state index is 9.97. The quantitative estimate of drug-likeness (QED) is 0.869. The monoisotopic (exact) mass is 261 g/mol. The van der Waals surface area contributed by atoms with Crippen LogP contribution in [0.5, 0.6) is 0 Å². The molecule has 0 aromatic carbocycles. The molecule has 0 spiro atoms. The minimum absolute atomic E-state index is 0.343. The van der Waals surface area contributed by atoms with Crippen LogP contribution in [0.1, 0.15) is 49.7 Å². The fraction of sp³-hybridized carbons (Fsp3) is 0.533. The minimum Gasteiger partial charge on any atom is -0.388 e. The Kier molecular flexibility index (Phi) is 4.43. The molecule has 4 nitrogen and oxygen atoms in total. The first-order valence-electron chi connectivity index (χ1n) is 7.01. The maximum Gasteiger partial charge on any atom is 0.0804 e. The highest BCUT2D eigenvalue weighted by molar-refractivity contribution is 5.16. The van der Waals surface area contributed by atoms with Gasteiger partial charge in [0.05, 0.1) is 24.0 Å². The topological polar surface area (TPSA) is 43.0 Å². The van der Waals surface area contributed by atoms with Gasteiger partial charge in [-0.2, -0.15) is 5.10 Å². The van der Waals surface area contributed by atoms with E-state index < -0.39 is 0 Å². The second kappa shape index (κ2) is 6.06. The van der Waals surface area contributed by atoms with Gasteiger partial charge in [0.15, 0.2) is 0 Å². The van der Waals surface area contributed by atoms with Gasteiger partial charge in [0.1, 0.15) is 0 Å². The van der Waals surface area contributed by atoms with Crippen LogP contribution in [0, 0.1) is 6.92 Å². The van der Waals surface area contributed by atoms with Crippen molar-refractivity contribution in [3.63, 3.8) is 0 Å². The SMILES string of the molecule is CCCC(O)c1ccn(Cc2cc(C)nn2CC)c1. The molecule has 0 fully saturated rings. The van der Waals surface area contributed by atoms with Crippen LogP contribution in [0.4, 0.5) is 0 Å². The zero-order valence-electron chi connectivity index (χ0n) is 12.0. The molecule has 104 valence electrons. The zero-order chi connectivity index (χ0) is 13.8. The number of aromatic nitrogens is 3. The molecule has 2 heterocycles. The predicted octanol–water partition coefficient (Wildman–Crippen LogP) is 2.89. The van der Waals surface area contributed by atoms with Crippen molar-refractivity contribution < 1.29 is 5.11 Å². The third-order valence-corrected chi connectivity index (χ3v) is 3.35. The zero-order valence-corrected chi connectivity index (χ0v) is 12.0. The lowest BCUT2D eigenvalue weighted by atomic mass is 10.1. The van der Waals surface area contributed by atoms with E-state index >= 15 is 0 Å². The summed E-state index contributed by atoms with van der Waals surface area (Å²) in [6, 6.07) is 4.12. The molecule has 0 aliphatic heterocycles. The van der Waals surface area contributed by atoms with Crippen molar-refractivity contribution in [3.05, 3.63) is 41.5 Å². The van der Waals surface area contributed by atoms with Gasteiger partial charge in [-0.3, -0.25) is 4.68 Å². The van der Waals surface area contributed by atoms with Crippen LogP contribution >= 0.6 is 0 Å². The normalized spacial score (nSPS) is 12.8. The Bertz CT molecular complexity index is 527. The third kappa shape index (κ3) is 3.26. The average molecular weight is 261 g/mol. The summed E-state index contributed by atoms with van der Waals surface area (Å²) in [5, 5.41) is 14.4. The van der Waals surface area contributed by atoms with Crippen molar-refractivity contribution in [1.82, 2.24) is 14.3 Å². The summed E-state index contributed by atoms with van der Waals surface area (Å²) in [7, 11) is 0. The molecule has 1 atom stereocenters.